The molecular formula is C21H24FN5. The minimum Gasteiger partial charge on any atom is -0.365 e. The van der Waals surface area contributed by atoms with Crippen molar-refractivity contribution in [1.82, 2.24) is 14.9 Å². The highest BCUT2D eigenvalue weighted by Crippen LogP contribution is 2.24. The smallest absolute Gasteiger partial charge is 0.227 e. The van der Waals surface area contributed by atoms with Crippen LogP contribution in [-0.2, 0) is 6.54 Å². The Labute approximate surface area is 158 Å². The van der Waals surface area contributed by atoms with E-state index in [-0.39, 0.29) is 5.82 Å². The van der Waals surface area contributed by atoms with Crippen molar-refractivity contribution in [1.29, 1.82) is 0 Å². The second-order valence-electron chi connectivity index (χ2n) is 6.79. The Balaban J connectivity index is 1.59. The third kappa shape index (κ3) is 4.01. The number of likely N-dealkylation sites (N-methyl/N-ethyl adjacent to an activating group) is 1. The van der Waals surface area contributed by atoms with Gasteiger partial charge >= 0.3 is 0 Å². The molecule has 2 heterocycles. The highest BCUT2D eigenvalue weighted by Gasteiger charge is 2.19. The molecule has 5 nitrogen and oxygen atoms in total. The summed E-state index contributed by atoms with van der Waals surface area (Å²) in [5.74, 6) is 1.36. The summed E-state index contributed by atoms with van der Waals surface area (Å²) < 4.78 is 13.1. The van der Waals surface area contributed by atoms with Crippen LogP contribution in [-0.4, -0.2) is 47.6 Å². The molecule has 0 atom stereocenters. The van der Waals surface area contributed by atoms with Crippen LogP contribution in [0.25, 0.3) is 10.9 Å². The third-order valence-corrected chi connectivity index (χ3v) is 5.07. The van der Waals surface area contributed by atoms with Gasteiger partial charge < -0.3 is 15.1 Å². The van der Waals surface area contributed by atoms with Crippen LogP contribution < -0.4 is 10.2 Å². The molecule has 27 heavy (non-hydrogen) atoms. The molecule has 0 saturated carbocycles. The number of para-hydroxylation sites is 1. The average molecular weight is 365 g/mol. The van der Waals surface area contributed by atoms with Crippen molar-refractivity contribution in [2.24, 2.45) is 0 Å². The number of hydrogen-bond donors (Lipinski definition) is 1. The van der Waals surface area contributed by atoms with Crippen molar-refractivity contribution >= 4 is 22.7 Å². The summed E-state index contributed by atoms with van der Waals surface area (Å²) in [6.45, 7) is 7.80. The van der Waals surface area contributed by atoms with Crippen LogP contribution in [0, 0.1) is 5.82 Å². The van der Waals surface area contributed by atoms with Gasteiger partial charge in [0.05, 0.1) is 5.52 Å². The molecule has 1 aliphatic heterocycles. The molecule has 0 bridgehead atoms. The number of anilines is 2. The summed E-state index contributed by atoms with van der Waals surface area (Å²) in [4.78, 5) is 14.3. The molecule has 1 fully saturated rings. The summed E-state index contributed by atoms with van der Waals surface area (Å²) in [7, 11) is 0. The number of fused-ring (bicyclic) bond motifs is 1. The number of hydrogen-bond acceptors (Lipinski definition) is 5. The van der Waals surface area contributed by atoms with Crippen LogP contribution in [0.15, 0.2) is 48.5 Å². The largest absolute Gasteiger partial charge is 0.365 e. The van der Waals surface area contributed by atoms with Gasteiger partial charge in [0.1, 0.15) is 11.6 Å². The summed E-state index contributed by atoms with van der Waals surface area (Å²) >= 11 is 0. The normalized spacial score (nSPS) is 15.3. The van der Waals surface area contributed by atoms with Gasteiger partial charge in [0, 0.05) is 38.1 Å². The Morgan fingerprint density at radius 1 is 0.963 bits per heavy atom. The molecule has 1 aliphatic rings. The van der Waals surface area contributed by atoms with E-state index in [4.69, 9.17) is 9.97 Å². The Morgan fingerprint density at radius 2 is 1.70 bits per heavy atom. The van der Waals surface area contributed by atoms with Crippen molar-refractivity contribution in [2.75, 3.05) is 42.9 Å². The van der Waals surface area contributed by atoms with E-state index >= 15 is 0 Å². The van der Waals surface area contributed by atoms with Gasteiger partial charge in [0.15, 0.2) is 0 Å². The second-order valence-corrected chi connectivity index (χ2v) is 6.79. The van der Waals surface area contributed by atoms with E-state index in [0.29, 0.717) is 6.54 Å². The van der Waals surface area contributed by atoms with Crippen LogP contribution in [0.3, 0.4) is 0 Å². The van der Waals surface area contributed by atoms with Gasteiger partial charge in [0.2, 0.25) is 5.95 Å². The van der Waals surface area contributed by atoms with Gasteiger partial charge in [-0.2, -0.15) is 4.98 Å². The predicted octanol–water partition coefficient (Wildman–Crippen LogP) is 3.52. The number of aromatic nitrogens is 2. The van der Waals surface area contributed by atoms with Crippen LogP contribution in [0.5, 0.6) is 0 Å². The van der Waals surface area contributed by atoms with Gasteiger partial charge in [-0.05, 0) is 36.4 Å². The van der Waals surface area contributed by atoms with Gasteiger partial charge in [-0.1, -0.05) is 31.2 Å². The molecule has 0 radical (unpaired) electrons. The number of halogens is 1. The molecule has 0 aliphatic carbocycles. The number of rotatable bonds is 5. The first-order valence-electron chi connectivity index (χ1n) is 9.45. The van der Waals surface area contributed by atoms with Crippen LogP contribution >= 0.6 is 0 Å². The predicted molar refractivity (Wildman–Crippen MR) is 108 cm³/mol. The van der Waals surface area contributed by atoms with Gasteiger partial charge in [-0.15, -0.1) is 0 Å². The minimum atomic E-state index is -0.222. The molecule has 3 aromatic rings. The van der Waals surface area contributed by atoms with E-state index in [9.17, 15) is 4.39 Å². The zero-order chi connectivity index (χ0) is 18.6. The average Bonchev–Trinajstić information content (AvgIpc) is 2.73. The molecule has 1 saturated heterocycles. The maximum absolute atomic E-state index is 13.1. The molecule has 0 amide bonds. The van der Waals surface area contributed by atoms with Crippen molar-refractivity contribution in [3.05, 3.63) is 59.9 Å². The van der Waals surface area contributed by atoms with Gasteiger partial charge in [-0.3, -0.25) is 0 Å². The number of nitrogens with zero attached hydrogens (tertiary/aromatic N) is 4. The lowest BCUT2D eigenvalue weighted by atomic mass is 10.2. The maximum atomic E-state index is 13.1. The standard InChI is InChI=1S/C21H24FN5/c1-2-26-11-13-27(14-12-26)21-24-19-6-4-3-5-18(19)20(25-21)23-15-16-7-9-17(22)10-8-16/h3-10H,2,11-15H2,1H3,(H,23,24,25). The summed E-state index contributed by atoms with van der Waals surface area (Å²) in [6.07, 6.45) is 0. The van der Waals surface area contributed by atoms with Crippen LogP contribution in [0.1, 0.15) is 12.5 Å². The van der Waals surface area contributed by atoms with Gasteiger partial charge in [-0.25, -0.2) is 9.37 Å². The first-order chi connectivity index (χ1) is 13.2. The SMILES string of the molecule is CCN1CCN(c2nc(NCc3ccc(F)cc3)c3ccccc3n2)CC1. The Bertz CT molecular complexity index is 904. The topological polar surface area (TPSA) is 44.3 Å². The third-order valence-electron chi connectivity index (χ3n) is 5.07. The Morgan fingerprint density at radius 3 is 2.44 bits per heavy atom. The van der Waals surface area contributed by atoms with Gasteiger partial charge in [0.25, 0.3) is 0 Å². The van der Waals surface area contributed by atoms with E-state index in [2.05, 4.69) is 22.0 Å². The monoisotopic (exact) mass is 365 g/mol. The molecule has 140 valence electrons. The molecule has 0 spiro atoms. The van der Waals surface area contributed by atoms with Crippen molar-refractivity contribution < 1.29 is 4.39 Å². The number of nitrogens with one attached hydrogen (secondary N) is 1. The van der Waals surface area contributed by atoms with E-state index in [1.54, 1.807) is 12.1 Å². The summed E-state index contributed by atoms with van der Waals surface area (Å²) in [5, 5.41) is 4.41. The molecule has 1 N–H and O–H groups in total. The fourth-order valence-electron chi connectivity index (χ4n) is 3.39. The van der Waals surface area contributed by atoms with Crippen molar-refractivity contribution in [3.8, 4) is 0 Å². The van der Waals surface area contributed by atoms with Crippen LogP contribution in [0.4, 0.5) is 16.2 Å². The number of benzene rings is 2. The molecule has 6 heteroatoms. The molecule has 2 aromatic carbocycles. The number of piperazine rings is 1. The van der Waals surface area contributed by atoms with E-state index < -0.39 is 0 Å². The van der Waals surface area contributed by atoms with Crippen LogP contribution in [0.2, 0.25) is 0 Å². The molecule has 4 rings (SSSR count). The Kier molecular flexibility index (Phi) is 5.16. The van der Waals surface area contributed by atoms with Crippen molar-refractivity contribution in [3.63, 3.8) is 0 Å². The van der Waals surface area contributed by atoms with E-state index in [1.165, 1.54) is 12.1 Å². The Hall–Kier alpha value is -2.73. The first kappa shape index (κ1) is 17.7. The zero-order valence-electron chi connectivity index (χ0n) is 15.5. The highest BCUT2D eigenvalue weighted by molar-refractivity contribution is 5.90. The second kappa shape index (κ2) is 7.88. The minimum absolute atomic E-state index is 0.222. The fourth-order valence-corrected chi connectivity index (χ4v) is 3.39. The lowest BCUT2D eigenvalue weighted by Gasteiger charge is -2.34. The first-order valence-corrected chi connectivity index (χ1v) is 9.45. The summed E-state index contributed by atoms with van der Waals surface area (Å²) in [5.41, 5.74) is 1.94. The molecular weight excluding hydrogens is 341 g/mol. The zero-order valence-corrected chi connectivity index (χ0v) is 15.5. The molecule has 1 aromatic heterocycles. The van der Waals surface area contributed by atoms with Crippen molar-refractivity contribution in [2.45, 2.75) is 13.5 Å². The summed E-state index contributed by atoms with van der Waals surface area (Å²) in [6, 6.07) is 14.6. The lowest BCUT2D eigenvalue weighted by molar-refractivity contribution is 0.270. The lowest BCUT2D eigenvalue weighted by Crippen LogP contribution is -2.46. The fraction of sp³-hybridized carbons (Fsp3) is 0.333. The highest BCUT2D eigenvalue weighted by atomic mass is 19.1. The maximum Gasteiger partial charge on any atom is 0.227 e. The molecule has 0 unspecified atom stereocenters. The quantitative estimate of drug-likeness (QED) is 0.749. The van der Waals surface area contributed by atoms with E-state index in [0.717, 1.165) is 61.0 Å². The van der Waals surface area contributed by atoms with E-state index in [1.807, 2.05) is 24.3 Å².